The molecule has 21 heavy (non-hydrogen) atoms. The van der Waals surface area contributed by atoms with Gasteiger partial charge in [0.25, 0.3) is 0 Å². The van der Waals surface area contributed by atoms with Gasteiger partial charge in [-0.05, 0) is 24.8 Å². The second-order valence-electron chi connectivity index (χ2n) is 5.65. The van der Waals surface area contributed by atoms with E-state index in [1.54, 1.807) is 6.92 Å². The third-order valence-corrected chi connectivity index (χ3v) is 3.05. The van der Waals surface area contributed by atoms with Crippen molar-refractivity contribution >= 4 is 18.3 Å². The molecule has 120 valence electrons. The number of amides is 1. The highest BCUT2D eigenvalue weighted by Crippen LogP contribution is 2.17. The highest BCUT2D eigenvalue weighted by molar-refractivity contribution is 5.86. The Labute approximate surface area is 133 Å². The molecule has 0 heterocycles. The largest absolute Gasteiger partial charge is 0.381 e. The van der Waals surface area contributed by atoms with Crippen molar-refractivity contribution < 1.29 is 9.53 Å². The first-order valence-electron chi connectivity index (χ1n) is 7.15. The quantitative estimate of drug-likeness (QED) is 0.724. The minimum Gasteiger partial charge on any atom is -0.381 e. The van der Waals surface area contributed by atoms with E-state index < -0.39 is 5.54 Å². The third-order valence-electron chi connectivity index (χ3n) is 3.05. The predicted molar refractivity (Wildman–Crippen MR) is 88.5 cm³/mol. The lowest BCUT2D eigenvalue weighted by Gasteiger charge is -2.24. The smallest absolute Gasteiger partial charge is 0.244 e. The second-order valence-corrected chi connectivity index (χ2v) is 5.65. The van der Waals surface area contributed by atoms with Crippen molar-refractivity contribution in [2.75, 3.05) is 19.8 Å². The van der Waals surface area contributed by atoms with Crippen LogP contribution in [0.4, 0.5) is 0 Å². The van der Waals surface area contributed by atoms with Crippen LogP contribution in [-0.4, -0.2) is 25.7 Å². The van der Waals surface area contributed by atoms with Crippen LogP contribution in [-0.2, 0) is 15.1 Å². The summed E-state index contributed by atoms with van der Waals surface area (Å²) in [6.07, 6.45) is 0.795. The highest BCUT2D eigenvalue weighted by Gasteiger charge is 2.29. The molecule has 1 aromatic rings. The van der Waals surface area contributed by atoms with E-state index >= 15 is 0 Å². The molecule has 0 radical (unpaired) electrons. The molecule has 1 unspecified atom stereocenters. The lowest BCUT2D eigenvalue weighted by Crippen LogP contribution is -2.49. The minimum atomic E-state index is -1.000. The van der Waals surface area contributed by atoms with Crippen LogP contribution in [0.2, 0.25) is 0 Å². The SMILES string of the molecule is CC(C)COCCCNC(=O)C(C)(N)c1ccccc1.Cl. The van der Waals surface area contributed by atoms with Crippen molar-refractivity contribution in [2.45, 2.75) is 32.7 Å². The average molecular weight is 315 g/mol. The molecule has 0 fully saturated rings. The molecule has 3 N–H and O–H groups in total. The minimum absolute atomic E-state index is 0. The molecule has 1 amide bonds. The van der Waals surface area contributed by atoms with Gasteiger partial charge in [0, 0.05) is 19.8 Å². The maximum Gasteiger partial charge on any atom is 0.244 e. The van der Waals surface area contributed by atoms with E-state index in [2.05, 4.69) is 19.2 Å². The molecular formula is C16H27ClN2O2. The molecule has 0 bridgehead atoms. The zero-order chi connectivity index (χ0) is 15.0. The number of carbonyl (C=O) groups excluding carboxylic acids is 1. The van der Waals surface area contributed by atoms with Crippen LogP contribution in [0.25, 0.3) is 0 Å². The standard InChI is InChI=1S/C16H26N2O2.ClH/c1-13(2)12-20-11-7-10-18-15(19)16(3,17)14-8-5-4-6-9-14;/h4-6,8-9,13H,7,10-12,17H2,1-3H3,(H,18,19);1H. The van der Waals surface area contributed by atoms with Gasteiger partial charge >= 0.3 is 0 Å². The van der Waals surface area contributed by atoms with E-state index in [1.807, 2.05) is 30.3 Å². The summed E-state index contributed by atoms with van der Waals surface area (Å²) in [5.74, 6) is 0.377. The number of nitrogens with two attached hydrogens (primary N) is 1. The first-order chi connectivity index (χ1) is 9.44. The fraction of sp³-hybridized carbons (Fsp3) is 0.562. The Morgan fingerprint density at radius 1 is 1.33 bits per heavy atom. The molecule has 0 aromatic heterocycles. The van der Waals surface area contributed by atoms with Crippen molar-refractivity contribution in [3.8, 4) is 0 Å². The van der Waals surface area contributed by atoms with Gasteiger partial charge in [-0.15, -0.1) is 12.4 Å². The van der Waals surface area contributed by atoms with Gasteiger partial charge in [-0.2, -0.15) is 0 Å². The van der Waals surface area contributed by atoms with Gasteiger partial charge in [0.1, 0.15) is 5.54 Å². The van der Waals surface area contributed by atoms with Gasteiger partial charge in [0.05, 0.1) is 0 Å². The summed E-state index contributed by atoms with van der Waals surface area (Å²) in [6.45, 7) is 7.95. The molecule has 0 saturated heterocycles. The topological polar surface area (TPSA) is 64.3 Å². The summed E-state index contributed by atoms with van der Waals surface area (Å²) < 4.78 is 5.46. The van der Waals surface area contributed by atoms with Gasteiger partial charge in [0.15, 0.2) is 0 Å². The van der Waals surface area contributed by atoms with E-state index in [0.717, 1.165) is 18.6 Å². The summed E-state index contributed by atoms with van der Waals surface area (Å²) >= 11 is 0. The van der Waals surface area contributed by atoms with Gasteiger partial charge < -0.3 is 15.8 Å². The van der Waals surface area contributed by atoms with Crippen molar-refractivity contribution in [3.05, 3.63) is 35.9 Å². The Kier molecular flexibility index (Phi) is 9.26. The Bertz CT molecular complexity index is 408. The molecule has 4 nitrogen and oxygen atoms in total. The number of hydrogen-bond acceptors (Lipinski definition) is 3. The van der Waals surface area contributed by atoms with E-state index in [0.29, 0.717) is 19.1 Å². The fourth-order valence-corrected chi connectivity index (χ4v) is 1.79. The van der Waals surface area contributed by atoms with Crippen LogP contribution in [0.15, 0.2) is 30.3 Å². The van der Waals surface area contributed by atoms with Gasteiger partial charge in [0.2, 0.25) is 5.91 Å². The van der Waals surface area contributed by atoms with Crippen molar-refractivity contribution in [3.63, 3.8) is 0 Å². The Hall–Kier alpha value is -1.10. The number of benzene rings is 1. The molecule has 0 aliphatic carbocycles. The monoisotopic (exact) mass is 314 g/mol. The highest BCUT2D eigenvalue weighted by atomic mass is 35.5. The molecule has 1 rings (SSSR count). The number of nitrogens with one attached hydrogen (secondary N) is 1. The summed E-state index contributed by atoms with van der Waals surface area (Å²) in [7, 11) is 0. The summed E-state index contributed by atoms with van der Waals surface area (Å²) in [4.78, 5) is 12.1. The first kappa shape index (κ1) is 19.9. The third kappa shape index (κ3) is 6.93. The maximum absolute atomic E-state index is 12.1. The molecular weight excluding hydrogens is 288 g/mol. The maximum atomic E-state index is 12.1. The zero-order valence-corrected chi connectivity index (χ0v) is 13.9. The average Bonchev–Trinajstić information content (AvgIpc) is 2.43. The molecule has 1 atom stereocenters. The lowest BCUT2D eigenvalue weighted by molar-refractivity contribution is -0.126. The van der Waals surface area contributed by atoms with Crippen LogP contribution in [0.1, 0.15) is 32.8 Å². The molecule has 0 aliphatic heterocycles. The van der Waals surface area contributed by atoms with Crippen LogP contribution in [0, 0.1) is 5.92 Å². The van der Waals surface area contributed by atoms with Crippen LogP contribution in [0.5, 0.6) is 0 Å². The Balaban J connectivity index is 0.00000400. The molecule has 0 saturated carbocycles. The van der Waals surface area contributed by atoms with Crippen LogP contribution >= 0.6 is 12.4 Å². The zero-order valence-electron chi connectivity index (χ0n) is 13.1. The summed E-state index contributed by atoms with van der Waals surface area (Å²) in [6, 6.07) is 9.40. The van der Waals surface area contributed by atoms with Crippen LogP contribution < -0.4 is 11.1 Å². The number of halogens is 1. The summed E-state index contributed by atoms with van der Waals surface area (Å²) in [5, 5.41) is 2.87. The Morgan fingerprint density at radius 2 is 1.95 bits per heavy atom. The van der Waals surface area contributed by atoms with E-state index in [9.17, 15) is 4.79 Å². The molecule has 5 heteroatoms. The first-order valence-corrected chi connectivity index (χ1v) is 7.15. The van der Waals surface area contributed by atoms with Gasteiger partial charge in [-0.25, -0.2) is 0 Å². The number of hydrogen-bond donors (Lipinski definition) is 2. The van der Waals surface area contributed by atoms with E-state index in [4.69, 9.17) is 10.5 Å². The van der Waals surface area contributed by atoms with Crippen molar-refractivity contribution in [1.29, 1.82) is 0 Å². The molecule has 0 aliphatic rings. The van der Waals surface area contributed by atoms with E-state index in [-0.39, 0.29) is 18.3 Å². The number of carbonyl (C=O) groups is 1. The normalized spacial score (nSPS) is 13.4. The second kappa shape index (κ2) is 9.77. The summed E-state index contributed by atoms with van der Waals surface area (Å²) in [5.41, 5.74) is 5.93. The number of rotatable bonds is 8. The van der Waals surface area contributed by atoms with Crippen LogP contribution in [0.3, 0.4) is 0 Å². The molecule has 0 spiro atoms. The predicted octanol–water partition coefficient (Wildman–Crippen LogP) is 2.46. The fourth-order valence-electron chi connectivity index (χ4n) is 1.79. The Morgan fingerprint density at radius 3 is 2.52 bits per heavy atom. The van der Waals surface area contributed by atoms with Gasteiger partial charge in [-0.1, -0.05) is 44.2 Å². The lowest BCUT2D eigenvalue weighted by atomic mass is 9.92. The van der Waals surface area contributed by atoms with Crippen molar-refractivity contribution in [2.24, 2.45) is 11.7 Å². The molecule has 1 aromatic carbocycles. The van der Waals surface area contributed by atoms with Gasteiger partial charge in [-0.3, -0.25) is 4.79 Å². The van der Waals surface area contributed by atoms with Crippen molar-refractivity contribution in [1.82, 2.24) is 5.32 Å². The number of ether oxygens (including phenoxy) is 1. The van der Waals surface area contributed by atoms with E-state index in [1.165, 1.54) is 0 Å².